The Bertz CT molecular complexity index is 601. The maximum absolute atomic E-state index is 14.2. The number of halogens is 2. The van der Waals surface area contributed by atoms with Crippen molar-refractivity contribution in [2.24, 2.45) is 5.73 Å². The summed E-state index contributed by atoms with van der Waals surface area (Å²) in [5, 5.41) is 0. The average molecular weight is 324 g/mol. The number of ether oxygens (including phenoxy) is 1. The Morgan fingerprint density at radius 2 is 1.95 bits per heavy atom. The van der Waals surface area contributed by atoms with Gasteiger partial charge >= 0.3 is 0 Å². The van der Waals surface area contributed by atoms with Crippen LogP contribution in [0.25, 0.3) is 0 Å². The highest BCUT2D eigenvalue weighted by Crippen LogP contribution is 2.30. The number of rotatable bonds is 3. The standard InChI is InChI=1S/C15H15BrFNO/c1-9-6-7-10(16)8-12(9)15(18)11-4-3-5-13(19-2)14(11)17/h3-8,15H,18H2,1-2H3. The van der Waals surface area contributed by atoms with E-state index in [-0.39, 0.29) is 5.75 Å². The summed E-state index contributed by atoms with van der Waals surface area (Å²) < 4.78 is 20.1. The minimum atomic E-state index is -0.521. The lowest BCUT2D eigenvalue weighted by Crippen LogP contribution is -2.15. The van der Waals surface area contributed by atoms with E-state index in [1.165, 1.54) is 7.11 Å². The van der Waals surface area contributed by atoms with Gasteiger partial charge in [-0.05, 0) is 36.2 Å². The number of hydrogen-bond acceptors (Lipinski definition) is 2. The molecular weight excluding hydrogens is 309 g/mol. The summed E-state index contributed by atoms with van der Waals surface area (Å²) in [5.41, 5.74) is 8.54. The Morgan fingerprint density at radius 1 is 1.21 bits per heavy atom. The Kier molecular flexibility index (Phi) is 4.22. The monoisotopic (exact) mass is 323 g/mol. The maximum Gasteiger partial charge on any atom is 0.170 e. The summed E-state index contributed by atoms with van der Waals surface area (Å²) in [6, 6.07) is 10.3. The third-order valence-corrected chi connectivity index (χ3v) is 3.62. The van der Waals surface area contributed by atoms with Crippen LogP contribution in [-0.2, 0) is 0 Å². The SMILES string of the molecule is COc1cccc(C(N)c2cc(Br)ccc2C)c1F. The van der Waals surface area contributed by atoms with E-state index >= 15 is 0 Å². The van der Waals surface area contributed by atoms with Crippen LogP contribution in [0.15, 0.2) is 40.9 Å². The molecule has 2 rings (SSSR count). The molecule has 2 N–H and O–H groups in total. The van der Waals surface area contributed by atoms with E-state index in [1.54, 1.807) is 18.2 Å². The largest absolute Gasteiger partial charge is 0.494 e. The maximum atomic E-state index is 14.2. The van der Waals surface area contributed by atoms with Crippen molar-refractivity contribution in [1.29, 1.82) is 0 Å². The zero-order chi connectivity index (χ0) is 14.0. The molecule has 0 saturated carbocycles. The number of hydrogen-bond donors (Lipinski definition) is 1. The van der Waals surface area contributed by atoms with Gasteiger partial charge in [-0.15, -0.1) is 0 Å². The van der Waals surface area contributed by atoms with Crippen molar-refractivity contribution in [3.8, 4) is 5.75 Å². The summed E-state index contributed by atoms with van der Waals surface area (Å²) >= 11 is 3.41. The van der Waals surface area contributed by atoms with Crippen molar-refractivity contribution >= 4 is 15.9 Å². The van der Waals surface area contributed by atoms with Gasteiger partial charge in [0.25, 0.3) is 0 Å². The van der Waals surface area contributed by atoms with E-state index in [4.69, 9.17) is 10.5 Å². The first-order valence-corrected chi connectivity index (χ1v) is 6.68. The summed E-state index contributed by atoms with van der Waals surface area (Å²) in [7, 11) is 1.44. The molecule has 100 valence electrons. The Labute approximate surface area is 120 Å². The Morgan fingerprint density at radius 3 is 2.63 bits per heavy atom. The molecule has 0 aliphatic heterocycles. The fraction of sp³-hybridized carbons (Fsp3) is 0.200. The van der Waals surface area contributed by atoms with Crippen LogP contribution in [0.4, 0.5) is 4.39 Å². The zero-order valence-corrected chi connectivity index (χ0v) is 12.4. The van der Waals surface area contributed by atoms with Crippen molar-refractivity contribution in [1.82, 2.24) is 0 Å². The molecule has 0 amide bonds. The molecule has 0 spiro atoms. The van der Waals surface area contributed by atoms with Crippen LogP contribution in [0.1, 0.15) is 22.7 Å². The van der Waals surface area contributed by atoms with Crippen LogP contribution in [0.5, 0.6) is 5.75 Å². The van der Waals surface area contributed by atoms with E-state index in [9.17, 15) is 4.39 Å². The van der Waals surface area contributed by atoms with Crippen molar-refractivity contribution in [3.05, 3.63) is 63.4 Å². The second-order valence-electron chi connectivity index (χ2n) is 4.34. The normalized spacial score (nSPS) is 12.3. The quantitative estimate of drug-likeness (QED) is 0.928. The predicted molar refractivity (Wildman–Crippen MR) is 77.9 cm³/mol. The van der Waals surface area contributed by atoms with Gasteiger partial charge in [-0.1, -0.05) is 34.1 Å². The lowest BCUT2D eigenvalue weighted by atomic mass is 9.95. The second kappa shape index (κ2) is 5.72. The van der Waals surface area contributed by atoms with Gasteiger partial charge in [0.1, 0.15) is 0 Å². The first kappa shape index (κ1) is 14.0. The third-order valence-electron chi connectivity index (χ3n) is 3.12. The molecule has 0 aliphatic rings. The molecule has 2 aromatic carbocycles. The number of aryl methyl sites for hydroxylation is 1. The van der Waals surface area contributed by atoms with Crippen LogP contribution in [-0.4, -0.2) is 7.11 Å². The highest BCUT2D eigenvalue weighted by molar-refractivity contribution is 9.10. The number of nitrogens with two attached hydrogens (primary N) is 1. The molecule has 0 aromatic heterocycles. The molecule has 2 aromatic rings. The minimum absolute atomic E-state index is 0.209. The van der Waals surface area contributed by atoms with Gasteiger partial charge in [0.2, 0.25) is 0 Å². The van der Waals surface area contributed by atoms with Gasteiger partial charge in [-0.3, -0.25) is 0 Å². The van der Waals surface area contributed by atoms with Crippen molar-refractivity contribution in [2.75, 3.05) is 7.11 Å². The summed E-state index contributed by atoms with van der Waals surface area (Å²) in [6.07, 6.45) is 0. The molecule has 0 radical (unpaired) electrons. The summed E-state index contributed by atoms with van der Waals surface area (Å²) in [4.78, 5) is 0. The molecule has 1 unspecified atom stereocenters. The highest BCUT2D eigenvalue weighted by atomic mass is 79.9. The Hall–Kier alpha value is -1.39. The molecule has 19 heavy (non-hydrogen) atoms. The van der Waals surface area contributed by atoms with E-state index < -0.39 is 11.9 Å². The van der Waals surface area contributed by atoms with Crippen LogP contribution < -0.4 is 10.5 Å². The molecule has 0 aliphatic carbocycles. The fourth-order valence-corrected chi connectivity index (χ4v) is 2.42. The highest BCUT2D eigenvalue weighted by Gasteiger charge is 2.18. The topological polar surface area (TPSA) is 35.2 Å². The smallest absolute Gasteiger partial charge is 0.170 e. The van der Waals surface area contributed by atoms with E-state index in [2.05, 4.69) is 15.9 Å². The van der Waals surface area contributed by atoms with Gasteiger partial charge < -0.3 is 10.5 Å². The summed E-state index contributed by atoms with van der Waals surface area (Å²) in [5.74, 6) is -0.197. The molecule has 0 heterocycles. The van der Waals surface area contributed by atoms with Gasteiger partial charge in [0.05, 0.1) is 13.2 Å². The van der Waals surface area contributed by atoms with Crippen molar-refractivity contribution in [3.63, 3.8) is 0 Å². The third kappa shape index (κ3) is 2.80. The fourth-order valence-electron chi connectivity index (χ4n) is 2.04. The second-order valence-corrected chi connectivity index (χ2v) is 5.26. The molecule has 1 atom stereocenters. The van der Waals surface area contributed by atoms with Gasteiger partial charge in [0.15, 0.2) is 11.6 Å². The van der Waals surface area contributed by atoms with Crippen LogP contribution >= 0.6 is 15.9 Å². The molecule has 0 fully saturated rings. The van der Waals surface area contributed by atoms with Crippen molar-refractivity contribution < 1.29 is 9.13 Å². The zero-order valence-electron chi connectivity index (χ0n) is 10.8. The van der Waals surface area contributed by atoms with Gasteiger partial charge in [-0.2, -0.15) is 0 Å². The lowest BCUT2D eigenvalue weighted by Gasteiger charge is -2.17. The predicted octanol–water partition coefficient (Wildman–Crippen LogP) is 3.95. The molecular formula is C15H15BrFNO. The van der Waals surface area contributed by atoms with Crippen LogP contribution in [0, 0.1) is 12.7 Å². The summed E-state index contributed by atoms with van der Waals surface area (Å²) in [6.45, 7) is 1.96. The van der Waals surface area contributed by atoms with E-state index in [1.807, 2.05) is 25.1 Å². The van der Waals surface area contributed by atoms with Crippen LogP contribution in [0.3, 0.4) is 0 Å². The average Bonchev–Trinajstić information content (AvgIpc) is 2.41. The Balaban J connectivity index is 2.50. The van der Waals surface area contributed by atoms with Crippen molar-refractivity contribution in [2.45, 2.75) is 13.0 Å². The first-order chi connectivity index (χ1) is 9.04. The molecule has 4 heteroatoms. The molecule has 2 nitrogen and oxygen atoms in total. The number of methoxy groups -OCH3 is 1. The first-order valence-electron chi connectivity index (χ1n) is 5.88. The lowest BCUT2D eigenvalue weighted by molar-refractivity contribution is 0.383. The van der Waals surface area contributed by atoms with Crippen LogP contribution in [0.2, 0.25) is 0 Å². The van der Waals surface area contributed by atoms with Gasteiger partial charge in [0, 0.05) is 10.0 Å². The molecule has 0 bridgehead atoms. The van der Waals surface area contributed by atoms with E-state index in [0.29, 0.717) is 5.56 Å². The number of benzene rings is 2. The van der Waals surface area contributed by atoms with E-state index in [0.717, 1.165) is 15.6 Å². The minimum Gasteiger partial charge on any atom is -0.494 e. The van der Waals surface area contributed by atoms with Gasteiger partial charge in [-0.25, -0.2) is 4.39 Å². The molecule has 0 saturated heterocycles.